The number of aryl methyl sites for hydroxylation is 2. The van der Waals surface area contributed by atoms with Gasteiger partial charge >= 0.3 is 0 Å². The molecule has 0 radical (unpaired) electrons. The van der Waals surface area contributed by atoms with Crippen LogP contribution in [0.4, 0.5) is 0 Å². The average Bonchev–Trinajstić information content (AvgIpc) is 2.87. The summed E-state index contributed by atoms with van der Waals surface area (Å²) in [6.07, 6.45) is 2.96. The molecule has 2 aromatic rings. The molecule has 3 heteroatoms. The zero-order valence-corrected chi connectivity index (χ0v) is 11.2. The fourth-order valence-corrected chi connectivity index (χ4v) is 2.02. The molecule has 1 N–H and O–H groups in total. The summed E-state index contributed by atoms with van der Waals surface area (Å²) in [5, 5.41) is 7.72. The highest BCUT2D eigenvalue weighted by Gasteiger charge is 2.00. The maximum absolute atomic E-state index is 4.26. The largest absolute Gasteiger partial charge is 0.307 e. The molecule has 0 bridgehead atoms. The number of nitrogens with one attached hydrogen (secondary N) is 1. The molecular weight excluding hydrogens is 222 g/mol. The van der Waals surface area contributed by atoms with Crippen molar-refractivity contribution in [1.29, 1.82) is 0 Å². The Morgan fingerprint density at radius 3 is 2.39 bits per heavy atom. The van der Waals surface area contributed by atoms with Gasteiger partial charge in [-0.25, -0.2) is 0 Å². The van der Waals surface area contributed by atoms with E-state index in [0.29, 0.717) is 0 Å². The molecule has 96 valence electrons. The van der Waals surface area contributed by atoms with E-state index in [4.69, 9.17) is 0 Å². The van der Waals surface area contributed by atoms with Gasteiger partial charge in [0, 0.05) is 25.8 Å². The van der Waals surface area contributed by atoms with E-state index in [0.717, 1.165) is 26.1 Å². The molecule has 0 saturated heterocycles. The molecule has 2 rings (SSSR count). The molecule has 1 aromatic heterocycles. The van der Waals surface area contributed by atoms with Crippen molar-refractivity contribution in [3.05, 3.63) is 53.3 Å². The van der Waals surface area contributed by atoms with Gasteiger partial charge in [0.05, 0.1) is 5.69 Å². The van der Waals surface area contributed by atoms with E-state index in [2.05, 4.69) is 54.6 Å². The lowest BCUT2D eigenvalue weighted by molar-refractivity contribution is 0.581. The highest BCUT2D eigenvalue weighted by atomic mass is 15.3. The van der Waals surface area contributed by atoms with Gasteiger partial charge in [-0.15, -0.1) is 0 Å². The first-order valence-electron chi connectivity index (χ1n) is 6.62. The Labute approximate surface area is 109 Å². The van der Waals surface area contributed by atoms with Crippen LogP contribution in [0.15, 0.2) is 36.5 Å². The second-order valence-corrected chi connectivity index (χ2v) is 4.41. The number of hydrogen-bond acceptors (Lipinski definition) is 2. The molecule has 0 amide bonds. The van der Waals surface area contributed by atoms with Crippen molar-refractivity contribution in [3.63, 3.8) is 0 Å². The quantitative estimate of drug-likeness (QED) is 0.845. The van der Waals surface area contributed by atoms with E-state index in [1.165, 1.54) is 16.8 Å². The van der Waals surface area contributed by atoms with Crippen molar-refractivity contribution in [2.24, 2.45) is 0 Å². The summed E-state index contributed by atoms with van der Waals surface area (Å²) in [7, 11) is 0. The van der Waals surface area contributed by atoms with E-state index < -0.39 is 0 Å². The van der Waals surface area contributed by atoms with Crippen LogP contribution in [0.5, 0.6) is 0 Å². The van der Waals surface area contributed by atoms with Gasteiger partial charge in [0.15, 0.2) is 0 Å². The van der Waals surface area contributed by atoms with Crippen molar-refractivity contribution in [2.75, 3.05) is 0 Å². The second kappa shape index (κ2) is 6.36. The molecule has 0 atom stereocenters. The predicted octanol–water partition coefficient (Wildman–Crippen LogP) is 2.76. The molecule has 0 fully saturated rings. The number of nitrogens with zero attached hydrogens (tertiary/aromatic N) is 2. The third kappa shape index (κ3) is 3.20. The van der Waals surface area contributed by atoms with Gasteiger partial charge in [-0.2, -0.15) is 5.10 Å². The number of aromatic nitrogens is 2. The molecule has 1 aromatic carbocycles. The first-order chi connectivity index (χ1) is 8.83. The van der Waals surface area contributed by atoms with E-state index in [-0.39, 0.29) is 0 Å². The van der Waals surface area contributed by atoms with Crippen LogP contribution in [0.2, 0.25) is 0 Å². The van der Waals surface area contributed by atoms with Crippen molar-refractivity contribution < 1.29 is 0 Å². The van der Waals surface area contributed by atoms with Crippen molar-refractivity contribution >= 4 is 0 Å². The maximum atomic E-state index is 4.26. The van der Waals surface area contributed by atoms with Gasteiger partial charge in [-0.1, -0.05) is 31.2 Å². The summed E-state index contributed by atoms with van der Waals surface area (Å²) in [5.74, 6) is 0. The first-order valence-corrected chi connectivity index (χ1v) is 6.62. The fraction of sp³-hybridized carbons (Fsp3) is 0.400. The minimum atomic E-state index is 0.864. The predicted molar refractivity (Wildman–Crippen MR) is 74.3 cm³/mol. The Kier molecular flexibility index (Phi) is 4.53. The monoisotopic (exact) mass is 243 g/mol. The summed E-state index contributed by atoms with van der Waals surface area (Å²) < 4.78 is 2.02. The summed E-state index contributed by atoms with van der Waals surface area (Å²) >= 11 is 0. The molecule has 0 saturated carbocycles. The smallest absolute Gasteiger partial charge is 0.0522 e. The standard InChI is InChI=1S/C15H21N3/c1-3-13-5-7-14(8-6-13)11-16-12-15-9-10-17-18(15)4-2/h5-10,16H,3-4,11-12H2,1-2H3. The van der Waals surface area contributed by atoms with Crippen molar-refractivity contribution in [3.8, 4) is 0 Å². The summed E-state index contributed by atoms with van der Waals surface area (Å²) in [6.45, 7) is 6.98. The van der Waals surface area contributed by atoms with Crippen LogP contribution >= 0.6 is 0 Å². The molecule has 3 nitrogen and oxygen atoms in total. The number of benzene rings is 1. The Morgan fingerprint density at radius 1 is 1.00 bits per heavy atom. The van der Waals surface area contributed by atoms with Crippen LogP contribution < -0.4 is 5.32 Å². The van der Waals surface area contributed by atoms with Crippen LogP contribution in [-0.4, -0.2) is 9.78 Å². The van der Waals surface area contributed by atoms with Crippen LogP contribution in [-0.2, 0) is 26.1 Å². The lowest BCUT2D eigenvalue weighted by Gasteiger charge is -2.07. The lowest BCUT2D eigenvalue weighted by atomic mass is 10.1. The first kappa shape index (κ1) is 12.8. The van der Waals surface area contributed by atoms with Gasteiger partial charge in [0.1, 0.15) is 0 Å². The van der Waals surface area contributed by atoms with Gasteiger partial charge in [-0.3, -0.25) is 4.68 Å². The molecule has 0 unspecified atom stereocenters. The molecule has 1 heterocycles. The topological polar surface area (TPSA) is 29.9 Å². The minimum absolute atomic E-state index is 0.864. The van der Waals surface area contributed by atoms with Gasteiger partial charge in [-0.05, 0) is 30.5 Å². The zero-order valence-electron chi connectivity index (χ0n) is 11.2. The van der Waals surface area contributed by atoms with Crippen molar-refractivity contribution in [2.45, 2.75) is 39.9 Å². The third-order valence-corrected chi connectivity index (χ3v) is 3.17. The maximum Gasteiger partial charge on any atom is 0.0522 e. The summed E-state index contributed by atoms with van der Waals surface area (Å²) in [4.78, 5) is 0. The molecule has 0 aliphatic heterocycles. The van der Waals surface area contributed by atoms with Gasteiger partial charge < -0.3 is 5.32 Å². The molecule has 18 heavy (non-hydrogen) atoms. The van der Waals surface area contributed by atoms with E-state index in [9.17, 15) is 0 Å². The Hall–Kier alpha value is -1.61. The highest BCUT2D eigenvalue weighted by Crippen LogP contribution is 2.05. The SMILES string of the molecule is CCc1ccc(CNCc2ccnn2CC)cc1. The van der Waals surface area contributed by atoms with E-state index in [1.807, 2.05) is 10.9 Å². The molecule has 0 spiro atoms. The Morgan fingerprint density at radius 2 is 1.72 bits per heavy atom. The second-order valence-electron chi connectivity index (χ2n) is 4.41. The van der Waals surface area contributed by atoms with Crippen LogP contribution in [0, 0.1) is 0 Å². The zero-order chi connectivity index (χ0) is 12.8. The Balaban J connectivity index is 1.84. The van der Waals surface area contributed by atoms with Gasteiger partial charge in [0.2, 0.25) is 0 Å². The fourth-order valence-electron chi connectivity index (χ4n) is 2.02. The van der Waals surface area contributed by atoms with Crippen LogP contribution in [0.25, 0.3) is 0 Å². The normalized spacial score (nSPS) is 10.8. The molecular formula is C15H21N3. The van der Waals surface area contributed by atoms with Crippen LogP contribution in [0.3, 0.4) is 0 Å². The lowest BCUT2D eigenvalue weighted by Crippen LogP contribution is -2.16. The number of rotatable bonds is 6. The average molecular weight is 243 g/mol. The van der Waals surface area contributed by atoms with Crippen LogP contribution in [0.1, 0.15) is 30.7 Å². The Bertz CT molecular complexity index is 471. The third-order valence-electron chi connectivity index (χ3n) is 3.17. The summed E-state index contributed by atoms with van der Waals surface area (Å²) in [5.41, 5.74) is 3.96. The van der Waals surface area contributed by atoms with E-state index in [1.54, 1.807) is 0 Å². The van der Waals surface area contributed by atoms with Crippen molar-refractivity contribution in [1.82, 2.24) is 15.1 Å². The minimum Gasteiger partial charge on any atom is -0.307 e. The molecule has 0 aliphatic rings. The molecule has 0 aliphatic carbocycles. The van der Waals surface area contributed by atoms with E-state index >= 15 is 0 Å². The van der Waals surface area contributed by atoms with Gasteiger partial charge in [0.25, 0.3) is 0 Å². The highest BCUT2D eigenvalue weighted by molar-refractivity contribution is 5.22. The summed E-state index contributed by atoms with van der Waals surface area (Å²) in [6, 6.07) is 10.9. The number of hydrogen-bond donors (Lipinski definition) is 1.